The summed E-state index contributed by atoms with van der Waals surface area (Å²) >= 11 is 0. The van der Waals surface area contributed by atoms with Gasteiger partial charge in [-0.3, -0.25) is 0 Å². The highest BCUT2D eigenvalue weighted by molar-refractivity contribution is 5.77. The van der Waals surface area contributed by atoms with Crippen molar-refractivity contribution in [2.75, 3.05) is 20.6 Å². The number of alkyl halides is 3. The van der Waals surface area contributed by atoms with Crippen LogP contribution in [0.15, 0.2) is 18.2 Å². The average molecular weight is 313 g/mol. The number of rotatable bonds is 5. The fourth-order valence-corrected chi connectivity index (χ4v) is 2.55. The van der Waals surface area contributed by atoms with E-state index in [-0.39, 0.29) is 5.92 Å². The van der Waals surface area contributed by atoms with Gasteiger partial charge < -0.3 is 9.47 Å². The third-order valence-corrected chi connectivity index (χ3v) is 3.61. The zero-order chi connectivity index (χ0) is 16.5. The highest BCUT2D eigenvalue weighted by Crippen LogP contribution is 2.32. The lowest BCUT2D eigenvalue weighted by molar-refractivity contribution is -0.137. The lowest BCUT2D eigenvalue weighted by atomic mass is 10.2. The molecule has 1 aromatic heterocycles. The molecule has 22 heavy (non-hydrogen) atoms. The van der Waals surface area contributed by atoms with Crippen molar-refractivity contribution in [2.24, 2.45) is 0 Å². The van der Waals surface area contributed by atoms with E-state index in [1.54, 1.807) is 0 Å². The zero-order valence-electron chi connectivity index (χ0n) is 13.4. The van der Waals surface area contributed by atoms with Gasteiger partial charge in [-0.05, 0) is 45.3 Å². The minimum atomic E-state index is -4.33. The Balaban J connectivity index is 2.42. The molecule has 0 saturated carbocycles. The van der Waals surface area contributed by atoms with Crippen LogP contribution in [0.4, 0.5) is 13.2 Å². The fraction of sp³-hybridized carbons (Fsp3) is 0.562. The predicted octanol–water partition coefficient (Wildman–Crippen LogP) is 4.13. The van der Waals surface area contributed by atoms with Crippen molar-refractivity contribution in [3.8, 4) is 0 Å². The molecule has 0 amide bonds. The fourth-order valence-electron chi connectivity index (χ4n) is 2.55. The average Bonchev–Trinajstić information content (AvgIpc) is 2.76. The summed E-state index contributed by atoms with van der Waals surface area (Å²) in [6.07, 6.45) is -3.40. The van der Waals surface area contributed by atoms with Gasteiger partial charge in [0, 0.05) is 12.5 Å². The van der Waals surface area contributed by atoms with Gasteiger partial charge in [-0.2, -0.15) is 13.2 Å². The maximum absolute atomic E-state index is 12.8. The van der Waals surface area contributed by atoms with Crippen molar-refractivity contribution in [3.63, 3.8) is 0 Å². The Hall–Kier alpha value is -1.56. The van der Waals surface area contributed by atoms with Crippen LogP contribution in [0.1, 0.15) is 37.6 Å². The van der Waals surface area contributed by atoms with E-state index in [2.05, 4.69) is 9.88 Å². The summed E-state index contributed by atoms with van der Waals surface area (Å²) in [7, 11) is 4.01. The Morgan fingerprint density at radius 1 is 1.23 bits per heavy atom. The van der Waals surface area contributed by atoms with Crippen LogP contribution in [0.5, 0.6) is 0 Å². The van der Waals surface area contributed by atoms with Crippen LogP contribution in [-0.2, 0) is 12.7 Å². The van der Waals surface area contributed by atoms with Gasteiger partial charge in [0.2, 0.25) is 0 Å². The number of halogens is 3. The smallest absolute Gasteiger partial charge is 0.328 e. The summed E-state index contributed by atoms with van der Waals surface area (Å²) in [6, 6.07) is 3.81. The zero-order valence-corrected chi connectivity index (χ0v) is 13.4. The molecule has 1 aromatic carbocycles. The summed E-state index contributed by atoms with van der Waals surface area (Å²) < 4.78 is 40.5. The first-order valence-corrected chi connectivity index (χ1v) is 7.42. The molecule has 0 spiro atoms. The van der Waals surface area contributed by atoms with Crippen molar-refractivity contribution in [2.45, 2.75) is 38.9 Å². The molecule has 0 aliphatic carbocycles. The number of fused-ring (bicyclic) bond motifs is 1. The third kappa shape index (κ3) is 3.61. The predicted molar refractivity (Wildman–Crippen MR) is 82.0 cm³/mol. The summed E-state index contributed by atoms with van der Waals surface area (Å²) in [6.45, 7) is 5.70. The minimum absolute atomic E-state index is 0.168. The number of hydrogen-bond acceptors (Lipinski definition) is 2. The molecule has 0 aliphatic heterocycles. The molecule has 0 aliphatic rings. The van der Waals surface area contributed by atoms with Crippen molar-refractivity contribution >= 4 is 11.0 Å². The molecule has 122 valence electrons. The highest BCUT2D eigenvalue weighted by atomic mass is 19.4. The molecular weight excluding hydrogens is 291 g/mol. The molecular formula is C16H22F3N3. The highest BCUT2D eigenvalue weighted by Gasteiger charge is 2.31. The van der Waals surface area contributed by atoms with E-state index in [1.165, 1.54) is 6.07 Å². The Kier molecular flexibility index (Phi) is 4.80. The molecule has 2 rings (SSSR count). The summed E-state index contributed by atoms with van der Waals surface area (Å²) in [5.41, 5.74) is 0.548. The van der Waals surface area contributed by atoms with Crippen LogP contribution in [0.25, 0.3) is 11.0 Å². The van der Waals surface area contributed by atoms with E-state index >= 15 is 0 Å². The largest absolute Gasteiger partial charge is 0.416 e. The van der Waals surface area contributed by atoms with Crippen LogP contribution < -0.4 is 0 Å². The van der Waals surface area contributed by atoms with Crippen LogP contribution >= 0.6 is 0 Å². The number of benzene rings is 1. The first-order chi connectivity index (χ1) is 10.2. The number of hydrogen-bond donors (Lipinski definition) is 0. The van der Waals surface area contributed by atoms with Crippen LogP contribution in [0.2, 0.25) is 0 Å². The van der Waals surface area contributed by atoms with Gasteiger partial charge in [0.15, 0.2) is 0 Å². The Bertz CT molecular complexity index is 642. The topological polar surface area (TPSA) is 21.1 Å². The molecule has 3 nitrogen and oxygen atoms in total. The Morgan fingerprint density at radius 3 is 2.45 bits per heavy atom. The number of aryl methyl sites for hydroxylation is 1. The summed E-state index contributed by atoms with van der Waals surface area (Å²) in [5, 5.41) is 0. The molecule has 0 fully saturated rings. The normalized spacial score (nSPS) is 12.8. The Labute approximate surface area is 128 Å². The molecule has 0 radical (unpaired) electrons. The first-order valence-electron chi connectivity index (χ1n) is 7.42. The van der Waals surface area contributed by atoms with Gasteiger partial charge >= 0.3 is 6.18 Å². The van der Waals surface area contributed by atoms with E-state index in [1.807, 2.05) is 32.5 Å². The molecule has 0 bridgehead atoms. The molecule has 0 atom stereocenters. The molecule has 0 N–H and O–H groups in total. The second kappa shape index (κ2) is 6.28. The van der Waals surface area contributed by atoms with Crippen molar-refractivity contribution in [3.05, 3.63) is 29.6 Å². The van der Waals surface area contributed by atoms with Crippen LogP contribution in [0, 0.1) is 0 Å². The number of aromatic nitrogens is 2. The van der Waals surface area contributed by atoms with E-state index < -0.39 is 11.7 Å². The second-order valence-electron chi connectivity index (χ2n) is 6.13. The Morgan fingerprint density at radius 2 is 1.91 bits per heavy atom. The van der Waals surface area contributed by atoms with Crippen molar-refractivity contribution in [1.29, 1.82) is 0 Å². The van der Waals surface area contributed by atoms with E-state index in [0.717, 1.165) is 43.0 Å². The summed E-state index contributed by atoms with van der Waals surface area (Å²) in [4.78, 5) is 6.53. The molecule has 2 aromatic rings. The number of imidazole rings is 1. The van der Waals surface area contributed by atoms with Gasteiger partial charge in [0.25, 0.3) is 0 Å². The minimum Gasteiger partial charge on any atom is -0.328 e. The monoisotopic (exact) mass is 313 g/mol. The first kappa shape index (κ1) is 16.8. The van der Waals surface area contributed by atoms with Gasteiger partial charge in [0.05, 0.1) is 16.6 Å². The lowest BCUT2D eigenvalue weighted by Crippen LogP contribution is -2.16. The molecule has 1 heterocycles. The van der Waals surface area contributed by atoms with E-state index in [4.69, 9.17) is 0 Å². The standard InChI is InChI=1S/C16H22F3N3/c1-11(2)15-20-13-10-12(16(17,18)19)6-7-14(13)22(15)9-5-8-21(3)4/h6-7,10-11H,5,8-9H2,1-4H3. The maximum atomic E-state index is 12.8. The maximum Gasteiger partial charge on any atom is 0.416 e. The van der Waals surface area contributed by atoms with Gasteiger partial charge in [-0.25, -0.2) is 4.98 Å². The van der Waals surface area contributed by atoms with Crippen molar-refractivity contribution in [1.82, 2.24) is 14.5 Å². The van der Waals surface area contributed by atoms with E-state index in [9.17, 15) is 13.2 Å². The van der Waals surface area contributed by atoms with Crippen molar-refractivity contribution < 1.29 is 13.2 Å². The van der Waals surface area contributed by atoms with Gasteiger partial charge in [-0.1, -0.05) is 13.8 Å². The molecule has 0 saturated heterocycles. The van der Waals surface area contributed by atoms with Crippen LogP contribution in [-0.4, -0.2) is 35.1 Å². The third-order valence-electron chi connectivity index (χ3n) is 3.61. The van der Waals surface area contributed by atoms with Gasteiger partial charge in [-0.15, -0.1) is 0 Å². The molecule has 0 unspecified atom stereocenters. The number of nitrogens with zero attached hydrogens (tertiary/aromatic N) is 3. The SMILES string of the molecule is CC(C)c1nc2cc(C(F)(F)F)ccc2n1CCCN(C)C. The van der Waals surface area contributed by atoms with E-state index in [0.29, 0.717) is 5.52 Å². The quantitative estimate of drug-likeness (QED) is 0.827. The van der Waals surface area contributed by atoms with Gasteiger partial charge in [0.1, 0.15) is 5.82 Å². The van der Waals surface area contributed by atoms with Crippen LogP contribution in [0.3, 0.4) is 0 Å². The lowest BCUT2D eigenvalue weighted by Gasteiger charge is -2.14. The second-order valence-corrected chi connectivity index (χ2v) is 6.13. The molecule has 6 heteroatoms. The summed E-state index contributed by atoms with van der Waals surface area (Å²) in [5.74, 6) is 1.01.